The lowest BCUT2D eigenvalue weighted by Crippen LogP contribution is -2.33. The first-order valence-electron chi connectivity index (χ1n) is 10.7. The highest BCUT2D eigenvalue weighted by molar-refractivity contribution is 9.10. The van der Waals surface area contributed by atoms with Crippen LogP contribution in [0.2, 0.25) is 5.02 Å². The van der Waals surface area contributed by atoms with Crippen LogP contribution in [0.5, 0.6) is 11.5 Å². The lowest BCUT2D eigenvalue weighted by molar-refractivity contribution is -0.127. The Bertz CT molecular complexity index is 1420. The fraction of sp³-hybridized carbons (Fsp3) is 0.0741. The van der Waals surface area contributed by atoms with Crippen LogP contribution in [0.3, 0.4) is 0 Å². The van der Waals surface area contributed by atoms with E-state index in [9.17, 15) is 9.59 Å². The van der Waals surface area contributed by atoms with Crippen molar-refractivity contribution in [2.75, 3.05) is 0 Å². The predicted octanol–water partition coefficient (Wildman–Crippen LogP) is 6.39. The number of hydrogen-bond acceptors (Lipinski definition) is 5. The van der Waals surface area contributed by atoms with Gasteiger partial charge in [-0.3, -0.25) is 4.79 Å². The molecule has 1 atom stereocenters. The Labute approximate surface area is 215 Å². The van der Waals surface area contributed by atoms with Crippen LogP contribution in [0.15, 0.2) is 94.5 Å². The molecule has 0 fully saturated rings. The molecular weight excluding hydrogens is 532 g/mol. The van der Waals surface area contributed by atoms with Crippen molar-refractivity contribution in [2.45, 2.75) is 13.0 Å². The highest BCUT2D eigenvalue weighted by atomic mass is 79.9. The summed E-state index contributed by atoms with van der Waals surface area (Å²) in [6.07, 6.45) is 0.606. The Balaban J connectivity index is 1.41. The Morgan fingerprint density at radius 1 is 0.971 bits per heavy atom. The largest absolute Gasteiger partial charge is 0.481 e. The number of amides is 1. The zero-order chi connectivity index (χ0) is 24.8. The number of hydrogen-bond donors (Lipinski definition) is 1. The van der Waals surface area contributed by atoms with Crippen molar-refractivity contribution in [3.05, 3.63) is 106 Å². The maximum absolute atomic E-state index is 12.5. The van der Waals surface area contributed by atoms with Gasteiger partial charge in [0, 0.05) is 10.0 Å². The summed E-state index contributed by atoms with van der Waals surface area (Å²) in [5.74, 6) is -0.194. The van der Waals surface area contributed by atoms with Gasteiger partial charge in [0.1, 0.15) is 11.5 Å². The molecule has 0 aliphatic rings. The lowest BCUT2D eigenvalue weighted by atomic mass is 10.1. The minimum Gasteiger partial charge on any atom is -0.481 e. The molecule has 176 valence electrons. The molecule has 1 N–H and O–H groups in total. The molecular formula is C27H20BrClN2O4. The molecule has 0 saturated carbocycles. The normalized spacial score (nSPS) is 11.9. The second kappa shape index (κ2) is 11.2. The molecule has 35 heavy (non-hydrogen) atoms. The van der Waals surface area contributed by atoms with Crippen LogP contribution in [0.4, 0.5) is 0 Å². The van der Waals surface area contributed by atoms with Crippen molar-refractivity contribution < 1.29 is 19.1 Å². The van der Waals surface area contributed by atoms with E-state index < -0.39 is 18.0 Å². The number of halogens is 2. The average Bonchev–Trinajstić information content (AvgIpc) is 2.85. The van der Waals surface area contributed by atoms with Crippen LogP contribution in [0.25, 0.3) is 10.8 Å². The Morgan fingerprint density at radius 2 is 1.71 bits per heavy atom. The molecule has 0 aliphatic heterocycles. The highest BCUT2D eigenvalue weighted by Crippen LogP contribution is 2.25. The number of nitrogens with one attached hydrogen (secondary N) is 1. The van der Waals surface area contributed by atoms with E-state index in [-0.39, 0.29) is 16.3 Å². The number of fused-ring (bicyclic) bond motifs is 1. The van der Waals surface area contributed by atoms with Gasteiger partial charge in [-0.25, -0.2) is 10.2 Å². The minimum absolute atomic E-state index is 0.243. The summed E-state index contributed by atoms with van der Waals surface area (Å²) in [7, 11) is 0. The summed E-state index contributed by atoms with van der Waals surface area (Å²) in [5, 5.41) is 6.40. The quantitative estimate of drug-likeness (QED) is 0.125. The number of hydrazone groups is 1. The monoisotopic (exact) mass is 550 g/mol. The van der Waals surface area contributed by atoms with Crippen molar-refractivity contribution in [2.24, 2.45) is 5.10 Å². The van der Waals surface area contributed by atoms with Gasteiger partial charge < -0.3 is 9.47 Å². The van der Waals surface area contributed by atoms with E-state index in [0.717, 1.165) is 15.2 Å². The molecule has 0 aliphatic carbocycles. The molecule has 8 heteroatoms. The summed E-state index contributed by atoms with van der Waals surface area (Å²) in [6, 6.07) is 25.2. The van der Waals surface area contributed by atoms with Gasteiger partial charge in [0.25, 0.3) is 5.91 Å². The van der Waals surface area contributed by atoms with E-state index in [0.29, 0.717) is 11.3 Å². The van der Waals surface area contributed by atoms with E-state index >= 15 is 0 Å². The van der Waals surface area contributed by atoms with Crippen molar-refractivity contribution in [1.29, 1.82) is 0 Å². The van der Waals surface area contributed by atoms with Crippen molar-refractivity contribution >= 4 is 56.4 Å². The number of rotatable bonds is 7. The molecule has 4 aromatic rings. The molecule has 0 bridgehead atoms. The number of carbonyl (C=O) groups excluding carboxylic acids is 2. The van der Waals surface area contributed by atoms with Crippen molar-refractivity contribution in [3.63, 3.8) is 0 Å². The maximum atomic E-state index is 12.5. The van der Waals surface area contributed by atoms with Crippen LogP contribution >= 0.6 is 27.5 Å². The maximum Gasteiger partial charge on any atom is 0.345 e. The Kier molecular flexibility index (Phi) is 7.80. The third kappa shape index (κ3) is 6.26. The van der Waals surface area contributed by atoms with E-state index in [1.807, 2.05) is 42.5 Å². The molecule has 0 saturated heterocycles. The number of carbonyl (C=O) groups is 2. The van der Waals surface area contributed by atoms with E-state index in [1.165, 1.54) is 6.21 Å². The van der Waals surface area contributed by atoms with Crippen LogP contribution in [0.1, 0.15) is 22.8 Å². The standard InChI is InChI=1S/C27H20BrClN2O4/c1-17(34-22-12-10-18-6-2-3-7-19(18)15-22)26(32)31-30-16-20-14-21(28)11-13-25(20)35-27(33)23-8-4-5-9-24(23)29/h2-17H,1H3,(H,31,32)/b30-16-/t17-/m0/s1. The van der Waals surface area contributed by atoms with E-state index in [4.69, 9.17) is 21.1 Å². The SMILES string of the molecule is C[C@H](Oc1ccc2ccccc2c1)C(=O)N/N=C\c1cc(Br)ccc1OC(=O)c1ccccc1Cl. The summed E-state index contributed by atoms with van der Waals surface area (Å²) in [5.41, 5.74) is 3.18. The van der Waals surface area contributed by atoms with Gasteiger partial charge in [-0.1, -0.05) is 70.0 Å². The first-order chi connectivity index (χ1) is 16.9. The minimum atomic E-state index is -0.784. The second-order valence-corrected chi connectivity index (χ2v) is 8.88. The van der Waals surface area contributed by atoms with Crippen LogP contribution < -0.4 is 14.9 Å². The molecule has 0 spiro atoms. The Morgan fingerprint density at radius 3 is 2.51 bits per heavy atom. The van der Waals surface area contributed by atoms with Gasteiger partial charge in [0.05, 0.1) is 16.8 Å². The summed E-state index contributed by atoms with van der Waals surface area (Å²) < 4.78 is 12.0. The molecule has 1 amide bonds. The summed E-state index contributed by atoms with van der Waals surface area (Å²) >= 11 is 9.48. The topological polar surface area (TPSA) is 77.0 Å². The first-order valence-corrected chi connectivity index (χ1v) is 11.8. The highest BCUT2D eigenvalue weighted by Gasteiger charge is 2.16. The van der Waals surface area contributed by atoms with Crippen LogP contribution in [-0.2, 0) is 4.79 Å². The van der Waals surface area contributed by atoms with Gasteiger partial charge >= 0.3 is 5.97 Å². The number of esters is 1. The molecule has 0 radical (unpaired) electrons. The lowest BCUT2D eigenvalue weighted by Gasteiger charge is -2.13. The third-order valence-corrected chi connectivity index (χ3v) is 5.87. The van der Waals surface area contributed by atoms with E-state index in [1.54, 1.807) is 49.4 Å². The molecule has 0 unspecified atom stereocenters. The van der Waals surface area contributed by atoms with Crippen LogP contribution in [-0.4, -0.2) is 24.2 Å². The van der Waals surface area contributed by atoms with Crippen LogP contribution in [0, 0.1) is 0 Å². The molecule has 4 aromatic carbocycles. The number of ether oxygens (including phenoxy) is 2. The fourth-order valence-electron chi connectivity index (χ4n) is 3.25. The number of nitrogens with zero attached hydrogens (tertiary/aromatic N) is 1. The van der Waals surface area contributed by atoms with E-state index in [2.05, 4.69) is 26.5 Å². The third-order valence-electron chi connectivity index (χ3n) is 5.05. The average molecular weight is 552 g/mol. The Hall–Kier alpha value is -3.68. The van der Waals surface area contributed by atoms with Gasteiger partial charge in [0.2, 0.25) is 0 Å². The number of benzene rings is 4. The van der Waals surface area contributed by atoms with Gasteiger partial charge in [-0.2, -0.15) is 5.10 Å². The van der Waals surface area contributed by atoms with Gasteiger partial charge in [-0.15, -0.1) is 0 Å². The van der Waals surface area contributed by atoms with Gasteiger partial charge in [0.15, 0.2) is 6.10 Å². The molecule has 4 rings (SSSR count). The molecule has 0 aromatic heterocycles. The first kappa shape index (κ1) is 24.4. The zero-order valence-electron chi connectivity index (χ0n) is 18.6. The molecule has 0 heterocycles. The van der Waals surface area contributed by atoms with Crippen molar-refractivity contribution in [1.82, 2.24) is 5.43 Å². The smallest absolute Gasteiger partial charge is 0.345 e. The van der Waals surface area contributed by atoms with Gasteiger partial charge in [-0.05, 0) is 60.2 Å². The molecule has 6 nitrogen and oxygen atoms in total. The van der Waals surface area contributed by atoms with Crippen molar-refractivity contribution in [3.8, 4) is 11.5 Å². The summed E-state index contributed by atoms with van der Waals surface area (Å²) in [4.78, 5) is 25.0. The second-order valence-electron chi connectivity index (χ2n) is 7.55. The zero-order valence-corrected chi connectivity index (χ0v) is 20.9. The fourth-order valence-corrected chi connectivity index (χ4v) is 3.84. The predicted molar refractivity (Wildman–Crippen MR) is 140 cm³/mol. The summed E-state index contributed by atoms with van der Waals surface area (Å²) in [6.45, 7) is 1.63.